The number of aromatic nitrogens is 4. The average molecular weight is 386 g/mol. The van der Waals surface area contributed by atoms with Crippen LogP contribution in [0, 0.1) is 6.92 Å². The van der Waals surface area contributed by atoms with E-state index < -0.39 is 5.97 Å². The second-order valence-corrected chi connectivity index (χ2v) is 6.64. The van der Waals surface area contributed by atoms with E-state index in [1.54, 1.807) is 6.20 Å². The molecule has 0 aliphatic carbocycles. The van der Waals surface area contributed by atoms with Crippen LogP contribution in [0.25, 0.3) is 17.0 Å². The van der Waals surface area contributed by atoms with E-state index in [1.807, 2.05) is 41.8 Å². The molecule has 7 heteroatoms. The van der Waals surface area contributed by atoms with E-state index in [2.05, 4.69) is 15.0 Å². The number of hydrogen-bond donors (Lipinski definition) is 1. The summed E-state index contributed by atoms with van der Waals surface area (Å²) in [5.41, 5.74) is 4.00. The minimum atomic E-state index is -1.02. The lowest BCUT2D eigenvalue weighted by molar-refractivity contribution is 0.0696. The first kappa shape index (κ1) is 18.5. The van der Waals surface area contributed by atoms with Crippen molar-refractivity contribution in [3.8, 4) is 11.4 Å². The van der Waals surface area contributed by atoms with Gasteiger partial charge in [0.15, 0.2) is 5.78 Å². The number of carbonyl (C=O) groups is 2. The number of ketones is 1. The van der Waals surface area contributed by atoms with Crippen LogP contribution in [0.5, 0.6) is 0 Å². The Labute approximate surface area is 166 Å². The quantitative estimate of drug-likeness (QED) is 0.508. The first-order valence-corrected chi connectivity index (χ1v) is 9.15. The Morgan fingerprint density at radius 1 is 1.00 bits per heavy atom. The van der Waals surface area contributed by atoms with Gasteiger partial charge in [-0.1, -0.05) is 18.2 Å². The highest BCUT2D eigenvalue weighted by Crippen LogP contribution is 2.23. The normalized spacial score (nSPS) is 10.9. The molecule has 0 aliphatic heterocycles. The van der Waals surface area contributed by atoms with Crippen molar-refractivity contribution < 1.29 is 14.7 Å². The molecule has 0 atom stereocenters. The molecule has 3 aromatic heterocycles. The number of pyridine rings is 1. The zero-order valence-corrected chi connectivity index (χ0v) is 15.7. The van der Waals surface area contributed by atoms with Crippen LogP contribution in [0.4, 0.5) is 0 Å². The molecule has 0 fully saturated rings. The molecular formula is C22H18N4O3. The SMILES string of the molecule is Cc1nc2ccccn2c1-c1ccnc(CCC(=O)c2ccc(C(=O)O)cc2)n1. The Balaban J connectivity index is 1.53. The van der Waals surface area contributed by atoms with E-state index in [0.717, 1.165) is 22.7 Å². The van der Waals surface area contributed by atoms with Gasteiger partial charge >= 0.3 is 5.97 Å². The second kappa shape index (κ2) is 7.63. The third-order valence-electron chi connectivity index (χ3n) is 4.68. The lowest BCUT2D eigenvalue weighted by atomic mass is 10.0. The van der Waals surface area contributed by atoms with Gasteiger partial charge in [-0.2, -0.15) is 0 Å². The van der Waals surface area contributed by atoms with E-state index >= 15 is 0 Å². The highest BCUT2D eigenvalue weighted by molar-refractivity contribution is 5.97. The van der Waals surface area contributed by atoms with Gasteiger partial charge in [-0.25, -0.2) is 19.7 Å². The first-order chi connectivity index (χ1) is 14.0. The standard InChI is InChI=1S/C22H18N4O3/c1-14-21(26-13-3-2-4-20(26)24-14)17-11-12-23-19(25-17)10-9-18(27)15-5-7-16(8-6-15)22(28)29/h2-8,11-13H,9-10H2,1H3,(H,28,29). The van der Waals surface area contributed by atoms with Gasteiger partial charge < -0.3 is 5.11 Å². The van der Waals surface area contributed by atoms with Gasteiger partial charge in [0.1, 0.15) is 11.5 Å². The van der Waals surface area contributed by atoms with E-state index in [-0.39, 0.29) is 17.8 Å². The molecule has 1 N–H and O–H groups in total. The maximum atomic E-state index is 12.4. The minimum Gasteiger partial charge on any atom is -0.478 e. The summed E-state index contributed by atoms with van der Waals surface area (Å²) < 4.78 is 1.98. The second-order valence-electron chi connectivity index (χ2n) is 6.64. The molecule has 3 heterocycles. The molecule has 0 aliphatic rings. The van der Waals surface area contributed by atoms with Crippen LogP contribution < -0.4 is 0 Å². The molecule has 0 bridgehead atoms. The predicted octanol–water partition coefficient (Wildman–Crippen LogP) is 3.61. The van der Waals surface area contributed by atoms with Crippen LogP contribution >= 0.6 is 0 Å². The summed E-state index contributed by atoms with van der Waals surface area (Å²) in [7, 11) is 0. The molecule has 0 amide bonds. The smallest absolute Gasteiger partial charge is 0.335 e. The predicted molar refractivity (Wildman–Crippen MR) is 107 cm³/mol. The highest BCUT2D eigenvalue weighted by Gasteiger charge is 2.14. The average Bonchev–Trinajstić information content (AvgIpc) is 3.08. The lowest BCUT2D eigenvalue weighted by Crippen LogP contribution is -2.05. The molecular weight excluding hydrogens is 368 g/mol. The number of benzene rings is 1. The molecule has 4 rings (SSSR count). The van der Waals surface area contributed by atoms with Crippen LogP contribution in [0.2, 0.25) is 0 Å². The third kappa shape index (κ3) is 3.75. The summed E-state index contributed by atoms with van der Waals surface area (Å²) in [4.78, 5) is 36.8. The van der Waals surface area contributed by atoms with Gasteiger partial charge in [0, 0.05) is 30.8 Å². The number of aromatic carboxylic acids is 1. The molecule has 0 saturated heterocycles. The number of carbonyl (C=O) groups excluding carboxylic acids is 1. The fraction of sp³-hybridized carbons (Fsp3) is 0.136. The molecule has 4 aromatic rings. The highest BCUT2D eigenvalue weighted by atomic mass is 16.4. The van der Waals surface area contributed by atoms with Crippen LogP contribution in [-0.4, -0.2) is 36.2 Å². The first-order valence-electron chi connectivity index (χ1n) is 9.15. The van der Waals surface area contributed by atoms with Gasteiger partial charge in [-0.05, 0) is 37.3 Å². The van der Waals surface area contributed by atoms with Gasteiger partial charge in [0.2, 0.25) is 0 Å². The summed E-state index contributed by atoms with van der Waals surface area (Å²) in [5.74, 6) is -0.526. The summed E-state index contributed by atoms with van der Waals surface area (Å²) in [5, 5.41) is 8.95. The molecule has 0 radical (unpaired) electrons. The Bertz CT molecular complexity index is 1210. The largest absolute Gasteiger partial charge is 0.478 e. The maximum Gasteiger partial charge on any atom is 0.335 e. The molecule has 29 heavy (non-hydrogen) atoms. The van der Waals surface area contributed by atoms with Gasteiger partial charge in [-0.3, -0.25) is 9.20 Å². The molecule has 0 spiro atoms. The van der Waals surface area contributed by atoms with E-state index in [1.165, 1.54) is 24.3 Å². The fourth-order valence-corrected chi connectivity index (χ4v) is 3.24. The van der Waals surface area contributed by atoms with Crippen LogP contribution in [-0.2, 0) is 6.42 Å². The van der Waals surface area contributed by atoms with Crippen molar-refractivity contribution in [3.63, 3.8) is 0 Å². The number of carboxylic acids is 1. The van der Waals surface area contributed by atoms with Crippen LogP contribution in [0.1, 0.15) is 38.7 Å². The lowest BCUT2D eigenvalue weighted by Gasteiger charge is -2.05. The zero-order valence-electron chi connectivity index (χ0n) is 15.7. The van der Waals surface area contributed by atoms with E-state index in [4.69, 9.17) is 5.11 Å². The fourth-order valence-electron chi connectivity index (χ4n) is 3.24. The van der Waals surface area contributed by atoms with Crippen molar-refractivity contribution in [2.45, 2.75) is 19.8 Å². The summed E-state index contributed by atoms with van der Waals surface area (Å²) in [6.07, 6.45) is 4.26. The van der Waals surface area contributed by atoms with Crippen molar-refractivity contribution in [3.05, 3.63) is 83.6 Å². The van der Waals surface area contributed by atoms with Crippen molar-refractivity contribution in [2.24, 2.45) is 0 Å². The van der Waals surface area contributed by atoms with Crippen molar-refractivity contribution in [2.75, 3.05) is 0 Å². The van der Waals surface area contributed by atoms with Crippen molar-refractivity contribution >= 4 is 17.4 Å². The molecule has 1 aromatic carbocycles. The van der Waals surface area contributed by atoms with Gasteiger partial charge in [0.05, 0.1) is 22.6 Å². The Morgan fingerprint density at radius 3 is 2.52 bits per heavy atom. The van der Waals surface area contributed by atoms with E-state index in [0.29, 0.717) is 17.8 Å². The Hall–Kier alpha value is -3.87. The number of rotatable bonds is 6. The van der Waals surface area contributed by atoms with Gasteiger partial charge in [0.25, 0.3) is 0 Å². The van der Waals surface area contributed by atoms with Crippen molar-refractivity contribution in [1.29, 1.82) is 0 Å². The number of carboxylic acid groups (broad SMARTS) is 1. The summed E-state index contributed by atoms with van der Waals surface area (Å²) in [6, 6.07) is 13.6. The molecule has 0 unspecified atom stereocenters. The minimum absolute atomic E-state index is 0.0816. The monoisotopic (exact) mass is 386 g/mol. The zero-order chi connectivity index (χ0) is 20.4. The molecule has 0 saturated carbocycles. The van der Waals surface area contributed by atoms with E-state index in [9.17, 15) is 9.59 Å². The Morgan fingerprint density at radius 2 is 1.76 bits per heavy atom. The van der Waals surface area contributed by atoms with Crippen molar-refractivity contribution in [1.82, 2.24) is 19.4 Å². The maximum absolute atomic E-state index is 12.4. The molecule has 144 valence electrons. The topological polar surface area (TPSA) is 97.5 Å². The number of hydrogen-bond acceptors (Lipinski definition) is 5. The number of Topliss-reactive ketones (excluding diaryl/α,β-unsaturated/α-hetero) is 1. The number of fused-ring (bicyclic) bond motifs is 1. The Kier molecular flexibility index (Phi) is 4.87. The third-order valence-corrected chi connectivity index (χ3v) is 4.68. The number of nitrogens with zero attached hydrogens (tertiary/aromatic N) is 4. The van der Waals surface area contributed by atoms with Gasteiger partial charge in [-0.15, -0.1) is 0 Å². The number of imidazole rings is 1. The summed E-state index contributed by atoms with van der Waals surface area (Å²) in [6.45, 7) is 1.94. The molecule has 7 nitrogen and oxygen atoms in total. The number of aryl methyl sites for hydroxylation is 2. The summed E-state index contributed by atoms with van der Waals surface area (Å²) >= 11 is 0. The van der Waals surface area contributed by atoms with Crippen LogP contribution in [0.15, 0.2) is 60.9 Å². The van der Waals surface area contributed by atoms with Crippen LogP contribution in [0.3, 0.4) is 0 Å².